The van der Waals surface area contributed by atoms with E-state index in [2.05, 4.69) is 22.0 Å². The first-order valence-corrected chi connectivity index (χ1v) is 7.38. The molecule has 0 spiro atoms. The summed E-state index contributed by atoms with van der Waals surface area (Å²) in [5.41, 5.74) is 1.29. The van der Waals surface area contributed by atoms with Gasteiger partial charge in [-0.3, -0.25) is 4.40 Å². The van der Waals surface area contributed by atoms with Crippen molar-refractivity contribution in [1.29, 1.82) is 0 Å². The quantitative estimate of drug-likeness (QED) is 0.805. The summed E-state index contributed by atoms with van der Waals surface area (Å²) in [5, 5.41) is 8.56. The Kier molecular flexibility index (Phi) is 3.88. The van der Waals surface area contributed by atoms with E-state index in [9.17, 15) is 4.79 Å². The van der Waals surface area contributed by atoms with Gasteiger partial charge >= 0.3 is 5.97 Å². The fraction of sp³-hybridized carbons (Fsp3) is 0.533. The first-order chi connectivity index (χ1) is 10.2. The van der Waals surface area contributed by atoms with Crippen LogP contribution in [-0.4, -0.2) is 52.2 Å². The van der Waals surface area contributed by atoms with E-state index in [0.29, 0.717) is 11.5 Å². The van der Waals surface area contributed by atoms with Crippen LogP contribution in [0.4, 0.5) is 0 Å². The van der Waals surface area contributed by atoms with Crippen molar-refractivity contribution in [2.45, 2.75) is 25.7 Å². The van der Waals surface area contributed by atoms with E-state index in [1.54, 1.807) is 12.3 Å². The van der Waals surface area contributed by atoms with Crippen LogP contribution in [0.15, 0.2) is 18.3 Å². The lowest BCUT2D eigenvalue weighted by Crippen LogP contribution is -2.34. The number of carbonyl (C=O) groups excluding carboxylic acids is 1. The molecule has 1 fully saturated rings. The Morgan fingerprint density at radius 1 is 1.43 bits per heavy atom. The van der Waals surface area contributed by atoms with Crippen molar-refractivity contribution < 1.29 is 9.53 Å². The summed E-state index contributed by atoms with van der Waals surface area (Å²) < 4.78 is 6.71. The van der Waals surface area contributed by atoms with Crippen LogP contribution < -0.4 is 0 Å². The smallest absolute Gasteiger partial charge is 0.339 e. The van der Waals surface area contributed by atoms with Crippen LogP contribution in [0, 0.1) is 0 Å². The first-order valence-electron chi connectivity index (χ1n) is 7.38. The number of likely N-dealkylation sites (N-methyl/N-ethyl adjacent to an activating group) is 1. The molecule has 1 atom stereocenters. The van der Waals surface area contributed by atoms with Gasteiger partial charge in [0, 0.05) is 18.7 Å². The van der Waals surface area contributed by atoms with Gasteiger partial charge in [-0.15, -0.1) is 10.2 Å². The molecule has 0 amide bonds. The Morgan fingerprint density at radius 2 is 2.29 bits per heavy atom. The molecule has 0 radical (unpaired) electrons. The van der Waals surface area contributed by atoms with E-state index in [1.807, 2.05) is 10.5 Å². The Bertz CT molecular complexity index is 652. The third-order valence-electron chi connectivity index (χ3n) is 4.17. The van der Waals surface area contributed by atoms with E-state index < -0.39 is 0 Å². The maximum absolute atomic E-state index is 11.7. The molecule has 2 aromatic rings. The molecule has 1 aliphatic heterocycles. The number of nitrogens with zero attached hydrogens (tertiary/aromatic N) is 4. The molecule has 112 valence electrons. The summed E-state index contributed by atoms with van der Waals surface area (Å²) >= 11 is 0. The first kappa shape index (κ1) is 14.0. The molecule has 6 nitrogen and oxygen atoms in total. The monoisotopic (exact) mass is 288 g/mol. The second kappa shape index (κ2) is 5.81. The summed E-state index contributed by atoms with van der Waals surface area (Å²) in [4.78, 5) is 14.1. The van der Waals surface area contributed by atoms with Crippen molar-refractivity contribution in [3.8, 4) is 0 Å². The van der Waals surface area contributed by atoms with Gasteiger partial charge in [0.1, 0.15) is 5.82 Å². The molecule has 3 heterocycles. The molecule has 0 aliphatic carbocycles. The molecular weight excluding hydrogens is 268 g/mol. The van der Waals surface area contributed by atoms with Crippen molar-refractivity contribution >= 4 is 11.6 Å². The van der Waals surface area contributed by atoms with Gasteiger partial charge in [0.15, 0.2) is 5.65 Å². The fourth-order valence-electron chi connectivity index (χ4n) is 2.98. The number of aromatic nitrogens is 3. The normalized spacial score (nSPS) is 19.8. The number of fused-ring (bicyclic) bond motifs is 1. The molecule has 0 bridgehead atoms. The number of hydrogen-bond acceptors (Lipinski definition) is 5. The number of methoxy groups -OCH3 is 1. The number of likely N-dealkylation sites (tertiary alicyclic amines) is 1. The van der Waals surface area contributed by atoms with Gasteiger partial charge in [-0.2, -0.15) is 0 Å². The number of ether oxygens (including phenoxy) is 1. The largest absolute Gasteiger partial charge is 0.465 e. The molecular formula is C15H20N4O2. The lowest BCUT2D eigenvalue weighted by atomic mass is 9.97. The molecule has 1 aliphatic rings. The van der Waals surface area contributed by atoms with Crippen molar-refractivity contribution in [2.75, 3.05) is 26.7 Å². The second-order valence-electron chi connectivity index (χ2n) is 5.43. The molecule has 6 heteroatoms. The fourth-order valence-corrected chi connectivity index (χ4v) is 2.98. The van der Waals surface area contributed by atoms with Gasteiger partial charge in [0.05, 0.1) is 12.7 Å². The van der Waals surface area contributed by atoms with Crippen LogP contribution in [0.3, 0.4) is 0 Å². The van der Waals surface area contributed by atoms with Crippen LogP contribution in [-0.2, 0) is 4.74 Å². The Labute approximate surface area is 123 Å². The number of piperidine rings is 1. The molecule has 21 heavy (non-hydrogen) atoms. The van der Waals surface area contributed by atoms with Gasteiger partial charge in [-0.05, 0) is 38.1 Å². The molecule has 2 aromatic heterocycles. The Balaban J connectivity index is 1.96. The van der Waals surface area contributed by atoms with E-state index in [-0.39, 0.29) is 5.97 Å². The van der Waals surface area contributed by atoms with Crippen LogP contribution in [0.25, 0.3) is 5.65 Å². The van der Waals surface area contributed by atoms with Crippen LogP contribution in [0.1, 0.15) is 41.9 Å². The highest BCUT2D eigenvalue weighted by Crippen LogP contribution is 2.26. The summed E-state index contributed by atoms with van der Waals surface area (Å²) in [6.45, 7) is 5.39. The highest BCUT2D eigenvalue weighted by atomic mass is 16.5. The van der Waals surface area contributed by atoms with E-state index >= 15 is 0 Å². The minimum Gasteiger partial charge on any atom is -0.465 e. The lowest BCUT2D eigenvalue weighted by molar-refractivity contribution is 0.0600. The lowest BCUT2D eigenvalue weighted by Gasteiger charge is -2.30. The van der Waals surface area contributed by atoms with Gasteiger partial charge in [-0.1, -0.05) is 6.92 Å². The standard InChI is InChI=1S/C15H20N4O2/c1-3-18-8-4-5-11(9-18)14-17-16-13-7-6-12(10-19(13)14)15(20)21-2/h6-7,10-11H,3-5,8-9H2,1-2H3. The zero-order valence-electron chi connectivity index (χ0n) is 12.5. The van der Waals surface area contributed by atoms with Crippen LogP contribution in [0.5, 0.6) is 0 Å². The van der Waals surface area contributed by atoms with E-state index in [4.69, 9.17) is 4.74 Å². The van der Waals surface area contributed by atoms with E-state index in [0.717, 1.165) is 37.5 Å². The zero-order chi connectivity index (χ0) is 14.8. The number of esters is 1. The summed E-state index contributed by atoms with van der Waals surface area (Å²) in [5.74, 6) is 0.964. The topological polar surface area (TPSA) is 59.7 Å². The molecule has 0 N–H and O–H groups in total. The minimum atomic E-state index is -0.338. The van der Waals surface area contributed by atoms with Gasteiger partial charge in [0.2, 0.25) is 0 Å². The number of rotatable bonds is 3. The predicted octanol–water partition coefficient (Wildman–Crippen LogP) is 1.72. The van der Waals surface area contributed by atoms with Crippen molar-refractivity contribution in [3.63, 3.8) is 0 Å². The zero-order valence-corrected chi connectivity index (χ0v) is 12.5. The number of carbonyl (C=O) groups is 1. The number of hydrogen-bond donors (Lipinski definition) is 0. The molecule has 1 saturated heterocycles. The van der Waals surface area contributed by atoms with Crippen molar-refractivity contribution in [3.05, 3.63) is 29.7 Å². The molecule has 0 aromatic carbocycles. The summed E-state index contributed by atoms with van der Waals surface area (Å²) in [6, 6.07) is 3.53. The average Bonchev–Trinajstić information content (AvgIpc) is 2.97. The maximum atomic E-state index is 11.7. The van der Waals surface area contributed by atoms with Gasteiger partial charge < -0.3 is 9.64 Å². The third-order valence-corrected chi connectivity index (χ3v) is 4.17. The second-order valence-corrected chi connectivity index (χ2v) is 5.43. The van der Waals surface area contributed by atoms with Crippen molar-refractivity contribution in [2.24, 2.45) is 0 Å². The van der Waals surface area contributed by atoms with Crippen LogP contribution in [0.2, 0.25) is 0 Å². The van der Waals surface area contributed by atoms with Gasteiger partial charge in [0.25, 0.3) is 0 Å². The predicted molar refractivity (Wildman–Crippen MR) is 78.4 cm³/mol. The highest BCUT2D eigenvalue weighted by molar-refractivity contribution is 5.89. The molecule has 3 rings (SSSR count). The molecule has 1 unspecified atom stereocenters. The summed E-state index contributed by atoms with van der Waals surface area (Å²) in [6.07, 6.45) is 4.06. The molecule has 0 saturated carbocycles. The van der Waals surface area contributed by atoms with E-state index in [1.165, 1.54) is 13.5 Å². The average molecular weight is 288 g/mol. The highest BCUT2D eigenvalue weighted by Gasteiger charge is 2.24. The van der Waals surface area contributed by atoms with Crippen molar-refractivity contribution in [1.82, 2.24) is 19.5 Å². The van der Waals surface area contributed by atoms with Gasteiger partial charge in [-0.25, -0.2) is 4.79 Å². The summed E-state index contributed by atoms with van der Waals surface area (Å²) in [7, 11) is 1.39. The third kappa shape index (κ3) is 2.63. The minimum absolute atomic E-state index is 0.338. The maximum Gasteiger partial charge on any atom is 0.339 e. The number of pyridine rings is 1. The Morgan fingerprint density at radius 3 is 3.05 bits per heavy atom. The van der Waals surface area contributed by atoms with Crippen LogP contribution >= 0.6 is 0 Å². The SMILES string of the molecule is CCN1CCCC(c2nnc3ccc(C(=O)OC)cn23)C1. The Hall–Kier alpha value is -1.95.